The molecule has 1 saturated heterocycles. The monoisotopic (exact) mass is 368 g/mol. The molecule has 1 aromatic heterocycles. The molecule has 4 rings (SSSR count). The van der Waals surface area contributed by atoms with E-state index in [1.54, 1.807) is 12.1 Å². The second kappa shape index (κ2) is 6.70. The van der Waals surface area contributed by atoms with E-state index in [0.717, 1.165) is 22.2 Å². The van der Waals surface area contributed by atoms with Crippen molar-refractivity contribution >= 4 is 26.4 Å². The van der Waals surface area contributed by atoms with Crippen LogP contribution in [0.3, 0.4) is 0 Å². The van der Waals surface area contributed by atoms with Crippen molar-refractivity contribution in [2.45, 2.75) is 16.7 Å². The number of benzene rings is 2. The third-order valence-electron chi connectivity index (χ3n) is 4.66. The Morgan fingerprint density at radius 3 is 2.42 bits per heavy atom. The number of pyridine rings is 1. The largest absolute Gasteiger partial charge is 0.378 e. The molecule has 5 nitrogen and oxygen atoms in total. The lowest BCUT2D eigenvalue weighted by atomic mass is 10.1. The minimum atomic E-state index is -3.67. The van der Waals surface area contributed by atoms with Crippen LogP contribution in [0.2, 0.25) is 0 Å². The molecular weight excluding hydrogens is 348 g/mol. The van der Waals surface area contributed by atoms with Crippen molar-refractivity contribution in [1.82, 2.24) is 4.98 Å². The Balaban J connectivity index is 1.95. The number of ether oxygens (including phenoxy) is 1. The highest BCUT2D eigenvalue weighted by Crippen LogP contribution is 2.36. The van der Waals surface area contributed by atoms with Gasteiger partial charge in [0.25, 0.3) is 0 Å². The summed E-state index contributed by atoms with van der Waals surface area (Å²) in [6.45, 7) is 4.42. The molecule has 0 saturated carbocycles. The molecule has 2 aromatic carbocycles. The quantitative estimate of drug-likeness (QED) is 0.710. The van der Waals surface area contributed by atoms with Crippen LogP contribution in [0.4, 0.5) is 5.69 Å². The summed E-state index contributed by atoms with van der Waals surface area (Å²) in [5.41, 5.74) is 2.53. The van der Waals surface area contributed by atoms with E-state index >= 15 is 0 Å². The number of hydrogen-bond donors (Lipinski definition) is 0. The van der Waals surface area contributed by atoms with Crippen molar-refractivity contribution in [3.05, 3.63) is 60.3 Å². The van der Waals surface area contributed by atoms with Crippen LogP contribution in [-0.2, 0) is 14.6 Å². The Morgan fingerprint density at radius 2 is 1.69 bits per heavy atom. The normalized spacial score (nSPS) is 15.3. The number of rotatable bonds is 3. The van der Waals surface area contributed by atoms with Gasteiger partial charge in [-0.25, -0.2) is 8.42 Å². The first kappa shape index (κ1) is 17.0. The SMILES string of the molecule is Cc1ccc(S(=O)(=O)c2cnc3ccccc3c2N2CCOCC2)cc1. The molecule has 0 atom stereocenters. The van der Waals surface area contributed by atoms with Gasteiger partial charge >= 0.3 is 0 Å². The molecule has 0 bridgehead atoms. The maximum Gasteiger partial charge on any atom is 0.210 e. The third-order valence-corrected chi connectivity index (χ3v) is 6.43. The molecule has 0 N–H and O–H groups in total. The summed E-state index contributed by atoms with van der Waals surface area (Å²) >= 11 is 0. The average Bonchev–Trinajstić information content (AvgIpc) is 2.68. The summed E-state index contributed by atoms with van der Waals surface area (Å²) in [6.07, 6.45) is 1.49. The minimum Gasteiger partial charge on any atom is -0.378 e. The highest BCUT2D eigenvalue weighted by Gasteiger charge is 2.27. The van der Waals surface area contributed by atoms with Crippen molar-refractivity contribution in [2.24, 2.45) is 0 Å². The lowest BCUT2D eigenvalue weighted by Gasteiger charge is -2.31. The molecule has 1 aliphatic rings. The molecule has 3 aromatic rings. The van der Waals surface area contributed by atoms with Crippen LogP contribution in [0.5, 0.6) is 0 Å². The maximum atomic E-state index is 13.4. The second-order valence-corrected chi connectivity index (χ2v) is 8.32. The smallest absolute Gasteiger partial charge is 0.210 e. The Hall–Kier alpha value is -2.44. The average molecular weight is 368 g/mol. The van der Waals surface area contributed by atoms with Crippen molar-refractivity contribution in [2.75, 3.05) is 31.2 Å². The third kappa shape index (κ3) is 2.95. The molecule has 0 aliphatic carbocycles. The Labute approximate surface area is 153 Å². The zero-order valence-corrected chi connectivity index (χ0v) is 15.4. The fourth-order valence-electron chi connectivity index (χ4n) is 3.26. The van der Waals surface area contributed by atoms with Gasteiger partial charge in [0.15, 0.2) is 0 Å². The minimum absolute atomic E-state index is 0.252. The van der Waals surface area contributed by atoms with E-state index in [9.17, 15) is 8.42 Å². The zero-order valence-electron chi connectivity index (χ0n) is 14.6. The number of nitrogens with zero attached hydrogens (tertiary/aromatic N) is 2. The predicted octanol–water partition coefficient (Wildman–Crippen LogP) is 3.21. The highest BCUT2D eigenvalue weighted by molar-refractivity contribution is 7.91. The lowest BCUT2D eigenvalue weighted by Crippen LogP contribution is -2.37. The lowest BCUT2D eigenvalue weighted by molar-refractivity contribution is 0.122. The van der Waals surface area contributed by atoms with Crippen molar-refractivity contribution < 1.29 is 13.2 Å². The van der Waals surface area contributed by atoms with E-state index in [4.69, 9.17) is 4.74 Å². The number of hydrogen-bond acceptors (Lipinski definition) is 5. The van der Waals surface area contributed by atoms with Crippen LogP contribution in [0.25, 0.3) is 10.9 Å². The molecule has 6 heteroatoms. The van der Waals surface area contributed by atoms with Gasteiger partial charge in [0.1, 0.15) is 4.90 Å². The summed E-state index contributed by atoms with van der Waals surface area (Å²) in [6, 6.07) is 14.6. The van der Waals surface area contributed by atoms with E-state index < -0.39 is 9.84 Å². The van der Waals surface area contributed by atoms with E-state index in [0.29, 0.717) is 26.3 Å². The summed E-state index contributed by atoms with van der Waals surface area (Å²) in [5, 5.41) is 0.850. The van der Waals surface area contributed by atoms with Crippen LogP contribution in [-0.4, -0.2) is 39.7 Å². The first-order valence-corrected chi connectivity index (χ1v) is 10.1. The van der Waals surface area contributed by atoms with Gasteiger partial charge in [0, 0.05) is 24.7 Å². The molecule has 0 unspecified atom stereocenters. The van der Waals surface area contributed by atoms with Crippen LogP contribution in [0, 0.1) is 6.92 Å². The molecule has 26 heavy (non-hydrogen) atoms. The molecule has 0 amide bonds. The standard InChI is InChI=1S/C20H20N2O3S/c1-15-6-8-16(9-7-15)26(23,24)19-14-21-18-5-3-2-4-17(18)20(19)22-10-12-25-13-11-22/h2-9,14H,10-13H2,1H3. The molecule has 134 valence electrons. The number of aryl methyl sites for hydroxylation is 1. The van der Waals surface area contributed by atoms with Gasteiger partial charge in [0.2, 0.25) is 9.84 Å². The van der Waals surface area contributed by atoms with E-state index in [1.807, 2.05) is 43.3 Å². The fourth-order valence-corrected chi connectivity index (χ4v) is 4.70. The van der Waals surface area contributed by atoms with Crippen molar-refractivity contribution in [1.29, 1.82) is 0 Å². The molecule has 1 fully saturated rings. The van der Waals surface area contributed by atoms with Gasteiger partial charge < -0.3 is 9.64 Å². The van der Waals surface area contributed by atoms with E-state index in [-0.39, 0.29) is 9.79 Å². The van der Waals surface area contributed by atoms with E-state index in [2.05, 4.69) is 9.88 Å². The van der Waals surface area contributed by atoms with Crippen LogP contribution < -0.4 is 4.90 Å². The van der Waals surface area contributed by atoms with Gasteiger partial charge in [-0.2, -0.15) is 0 Å². The first-order valence-electron chi connectivity index (χ1n) is 8.59. The highest BCUT2D eigenvalue weighted by atomic mass is 32.2. The van der Waals surface area contributed by atoms with Gasteiger partial charge in [-0.15, -0.1) is 0 Å². The molecule has 1 aliphatic heterocycles. The number of fused-ring (bicyclic) bond motifs is 1. The van der Waals surface area contributed by atoms with Crippen LogP contribution >= 0.6 is 0 Å². The summed E-state index contributed by atoms with van der Waals surface area (Å²) in [5.74, 6) is 0. The summed E-state index contributed by atoms with van der Waals surface area (Å²) < 4.78 is 32.2. The number of para-hydroxylation sites is 1. The topological polar surface area (TPSA) is 59.5 Å². The first-order chi connectivity index (χ1) is 12.6. The van der Waals surface area contributed by atoms with Gasteiger partial charge in [-0.1, -0.05) is 35.9 Å². The molecule has 0 spiro atoms. The van der Waals surface area contributed by atoms with Crippen LogP contribution in [0.1, 0.15) is 5.56 Å². The zero-order chi connectivity index (χ0) is 18.1. The summed E-state index contributed by atoms with van der Waals surface area (Å²) in [4.78, 5) is 7.04. The Bertz CT molecular complexity index is 1040. The van der Waals surface area contributed by atoms with Crippen molar-refractivity contribution in [3.63, 3.8) is 0 Å². The van der Waals surface area contributed by atoms with Gasteiger partial charge in [0.05, 0.1) is 29.3 Å². The molecule has 0 radical (unpaired) electrons. The molecule has 2 heterocycles. The van der Waals surface area contributed by atoms with E-state index in [1.165, 1.54) is 6.20 Å². The number of anilines is 1. The van der Waals surface area contributed by atoms with Gasteiger partial charge in [-0.3, -0.25) is 4.98 Å². The number of morpholine rings is 1. The molecular formula is C20H20N2O3S. The Kier molecular flexibility index (Phi) is 4.38. The Morgan fingerprint density at radius 1 is 1.00 bits per heavy atom. The fraction of sp³-hybridized carbons (Fsp3) is 0.250. The number of aromatic nitrogens is 1. The number of sulfone groups is 1. The summed E-state index contributed by atoms with van der Waals surface area (Å²) in [7, 11) is -3.67. The van der Waals surface area contributed by atoms with Crippen LogP contribution in [0.15, 0.2) is 64.5 Å². The predicted molar refractivity (Wildman–Crippen MR) is 101 cm³/mol. The second-order valence-electron chi connectivity index (χ2n) is 6.40. The maximum absolute atomic E-state index is 13.4. The van der Waals surface area contributed by atoms with Crippen molar-refractivity contribution in [3.8, 4) is 0 Å². The van der Waals surface area contributed by atoms with Gasteiger partial charge in [-0.05, 0) is 25.1 Å².